The van der Waals surface area contributed by atoms with Crippen LogP contribution in [-0.4, -0.2) is 6.08 Å². The monoisotopic (exact) mass is 58.0 g/mol. The standard InChI is InChI=1S/CNO.O/c2-1-3;. The van der Waals surface area contributed by atoms with Crippen molar-refractivity contribution < 1.29 is 10.3 Å². The van der Waals surface area contributed by atoms with Crippen LogP contribution in [0.25, 0.3) is 0 Å². The van der Waals surface area contributed by atoms with Gasteiger partial charge in [0, 0.05) is 5.48 Å². The Morgan fingerprint density at radius 2 is 1.75 bits per heavy atom. The molecule has 0 fully saturated rings. The van der Waals surface area contributed by atoms with Crippen LogP contribution in [0.4, 0.5) is 0 Å². The van der Waals surface area contributed by atoms with E-state index in [0.717, 1.165) is 0 Å². The van der Waals surface area contributed by atoms with E-state index >= 15 is 0 Å². The van der Waals surface area contributed by atoms with Crippen molar-refractivity contribution in [2.24, 2.45) is 0 Å². The average Bonchev–Trinajstić information content (AvgIpc) is 0.918. The van der Waals surface area contributed by atoms with Crippen LogP contribution in [0.5, 0.6) is 0 Å². The van der Waals surface area contributed by atoms with Crippen LogP contribution in [0.3, 0.4) is 0 Å². The van der Waals surface area contributed by atoms with Crippen molar-refractivity contribution in [3.8, 4) is 0 Å². The van der Waals surface area contributed by atoms with Crippen molar-refractivity contribution in [1.29, 1.82) is 0 Å². The second kappa shape index (κ2) is 36.3. The van der Waals surface area contributed by atoms with Gasteiger partial charge in [0.1, 0.15) is 0 Å². The zero-order valence-electron chi connectivity index (χ0n) is 1.76. The van der Waals surface area contributed by atoms with Crippen LogP contribution in [-0.2, 0) is 10.3 Å². The lowest BCUT2D eigenvalue weighted by Crippen LogP contribution is -1.31. The Bertz CT molecular complexity index is 27.0. The minimum atomic E-state index is 0. The number of isocyanates is 1. The van der Waals surface area contributed by atoms with Crippen LogP contribution in [0, 0.1) is 0 Å². The van der Waals surface area contributed by atoms with Crippen LogP contribution in [0.1, 0.15) is 0 Å². The molecule has 0 saturated heterocycles. The fraction of sp³-hybridized carbons (Fsp3) is 0. The third-order valence-electron chi connectivity index (χ3n) is 0. The molecule has 0 N–H and O–H groups in total. The second-order valence-electron chi connectivity index (χ2n) is 0.0913. The van der Waals surface area contributed by atoms with Gasteiger partial charge in [0.2, 0.25) is 0 Å². The summed E-state index contributed by atoms with van der Waals surface area (Å²) in [7, 11) is 0. The smallest absolute Gasteiger partial charge is 0.209 e. The summed E-state index contributed by atoms with van der Waals surface area (Å²) in [5, 5.41) is 6.76. The van der Waals surface area contributed by atoms with Gasteiger partial charge in [-0.3, -0.25) is 0 Å². The highest BCUT2D eigenvalue weighted by atomic mass is 16.1. The molecule has 0 aliphatic rings. The van der Waals surface area contributed by atoms with E-state index in [-0.39, 0.29) is 5.48 Å². The first kappa shape index (κ1) is 10.2. The van der Waals surface area contributed by atoms with Crippen molar-refractivity contribution in [2.75, 3.05) is 0 Å². The Kier molecular flexibility index (Phi) is 92.5. The summed E-state index contributed by atoms with van der Waals surface area (Å²) in [6.07, 6.45) is 0.500. The van der Waals surface area contributed by atoms with Gasteiger partial charge in [-0.25, -0.2) is 4.79 Å². The van der Waals surface area contributed by atoms with Gasteiger partial charge in [-0.2, -0.15) is 0 Å². The quantitative estimate of drug-likeness (QED) is 0.260. The van der Waals surface area contributed by atoms with Gasteiger partial charge >= 0.3 is 0 Å². The van der Waals surface area contributed by atoms with E-state index in [4.69, 9.17) is 10.2 Å². The maximum absolute atomic E-state index is 8.24. The minimum Gasteiger partial charge on any atom is -0.209 e. The fourth-order valence-electron chi connectivity index (χ4n) is 0. The first-order valence-corrected chi connectivity index (χ1v) is 0.428. The first-order valence-electron chi connectivity index (χ1n) is 0.428. The molecular weight excluding hydrogens is 58.0 g/mol. The molecule has 0 bridgehead atoms. The van der Waals surface area contributed by atoms with E-state index in [2.05, 4.69) is 0 Å². The van der Waals surface area contributed by atoms with E-state index in [9.17, 15) is 0 Å². The van der Waals surface area contributed by atoms with E-state index in [1.54, 1.807) is 0 Å². The van der Waals surface area contributed by atoms with Gasteiger partial charge < -0.3 is 0 Å². The molecule has 0 aromatic heterocycles. The van der Waals surface area contributed by atoms with E-state index < -0.39 is 0 Å². The van der Waals surface area contributed by atoms with Gasteiger partial charge in [-0.1, -0.05) is 5.41 Å². The molecule has 3 nitrogen and oxygen atoms in total. The van der Waals surface area contributed by atoms with E-state index in [1.165, 1.54) is 0 Å². The third-order valence-corrected chi connectivity index (χ3v) is 0. The van der Waals surface area contributed by atoms with E-state index in [1.807, 2.05) is 0 Å². The largest absolute Gasteiger partial charge is 0.261 e. The summed E-state index contributed by atoms with van der Waals surface area (Å²) in [6.45, 7) is 0. The minimum absolute atomic E-state index is 0. The van der Waals surface area contributed by atoms with E-state index in [0.29, 0.717) is 6.08 Å². The summed E-state index contributed by atoms with van der Waals surface area (Å²) in [6, 6.07) is 0. The summed E-state index contributed by atoms with van der Waals surface area (Å²) in [4.78, 5) is 8.24. The Labute approximate surface area is 23.1 Å². The molecule has 0 spiro atoms. The molecular formula is CNO2. The Balaban J connectivity index is 0. The molecule has 3 radical (unpaired) electrons. The van der Waals surface area contributed by atoms with Crippen molar-refractivity contribution >= 4 is 6.08 Å². The van der Waals surface area contributed by atoms with Gasteiger partial charge in [0.25, 0.3) is 6.08 Å². The molecule has 0 aromatic rings. The van der Waals surface area contributed by atoms with Crippen LogP contribution < -0.4 is 5.41 Å². The number of hydrogen-bond donors (Lipinski definition) is 0. The second-order valence-corrected chi connectivity index (χ2v) is 0.0913. The normalized spacial score (nSPS) is 2.00. The number of rotatable bonds is 0. The maximum Gasteiger partial charge on any atom is 0.261 e. The molecule has 0 amide bonds. The molecule has 0 unspecified atom stereocenters. The highest BCUT2D eigenvalue weighted by Gasteiger charge is 1.09. The fourth-order valence-corrected chi connectivity index (χ4v) is 0. The highest BCUT2D eigenvalue weighted by molar-refractivity contribution is 5.28. The summed E-state index contributed by atoms with van der Waals surface area (Å²) in [5.41, 5.74) is 0. The predicted octanol–water partition coefficient (Wildman–Crippen LogP) is -0.997. The zero-order chi connectivity index (χ0) is 2.71. The topological polar surface area (TPSA) is 67.9 Å². The average molecular weight is 58.0 g/mol. The Hall–Kier alpha value is -0.660. The molecule has 0 saturated carbocycles. The highest BCUT2D eigenvalue weighted by Crippen LogP contribution is 0.727. The molecule has 21 valence electrons. The van der Waals surface area contributed by atoms with Gasteiger partial charge in [0.05, 0.1) is 0 Å². The summed E-state index contributed by atoms with van der Waals surface area (Å²) < 4.78 is 0. The molecule has 0 aliphatic heterocycles. The Morgan fingerprint density at radius 3 is 1.75 bits per heavy atom. The van der Waals surface area contributed by atoms with Crippen molar-refractivity contribution in [3.63, 3.8) is 0 Å². The molecule has 3 heteroatoms. The summed E-state index contributed by atoms with van der Waals surface area (Å²) >= 11 is 0. The first-order chi connectivity index (χ1) is 1.41. The lowest BCUT2D eigenvalue weighted by atomic mass is 11.7. The lowest BCUT2D eigenvalue weighted by Gasteiger charge is -0.958. The predicted molar refractivity (Wildman–Crippen MR) is 8.51 cm³/mol. The van der Waals surface area contributed by atoms with Gasteiger partial charge in [-0.15, -0.1) is 0 Å². The zero-order valence-corrected chi connectivity index (χ0v) is 1.76. The molecule has 0 aliphatic carbocycles. The number of nitrogens with zero attached hydrogens (tertiary/aromatic N) is 1. The van der Waals surface area contributed by atoms with Crippen molar-refractivity contribution in [1.82, 2.24) is 5.41 Å². The maximum atomic E-state index is 8.24. The lowest BCUT2D eigenvalue weighted by molar-refractivity contribution is 0.565. The molecule has 4 heavy (non-hydrogen) atoms. The molecule has 0 heterocycles. The van der Waals surface area contributed by atoms with Crippen molar-refractivity contribution in [2.45, 2.75) is 0 Å². The van der Waals surface area contributed by atoms with Crippen LogP contribution in [0.15, 0.2) is 0 Å². The SMILES string of the molecule is [N]=C=O.[O]. The van der Waals surface area contributed by atoms with Crippen molar-refractivity contribution in [3.05, 3.63) is 0 Å². The Morgan fingerprint density at radius 1 is 1.75 bits per heavy atom. The van der Waals surface area contributed by atoms with Gasteiger partial charge in [0.15, 0.2) is 0 Å². The molecule has 0 atom stereocenters. The third kappa shape index (κ3) is 0.356. The van der Waals surface area contributed by atoms with Crippen LogP contribution in [0.2, 0.25) is 0 Å². The number of carbonyl (C=O) groups excluding carboxylic acids is 1. The number of hydrogen-bond acceptors (Lipinski definition) is 1. The van der Waals surface area contributed by atoms with Gasteiger partial charge in [-0.05, 0) is 0 Å². The summed E-state index contributed by atoms with van der Waals surface area (Å²) in [5.74, 6) is 0. The molecule has 0 aromatic carbocycles. The molecule has 0 rings (SSSR count). The van der Waals surface area contributed by atoms with Crippen LogP contribution >= 0.6 is 0 Å².